The molecule has 0 aliphatic carbocycles. The zero-order valence-corrected chi connectivity index (χ0v) is 9.51. The molecule has 0 amide bonds. The van der Waals surface area contributed by atoms with Gasteiger partial charge in [0.15, 0.2) is 5.69 Å². The molecule has 0 spiro atoms. The van der Waals surface area contributed by atoms with E-state index >= 15 is 0 Å². The summed E-state index contributed by atoms with van der Waals surface area (Å²) < 4.78 is 39.4. The van der Waals surface area contributed by atoms with Gasteiger partial charge in [0.2, 0.25) is 5.95 Å². The minimum atomic E-state index is -4.59. The third-order valence-electron chi connectivity index (χ3n) is 2.86. The Morgan fingerprint density at radius 2 is 1.94 bits per heavy atom. The van der Waals surface area contributed by atoms with E-state index in [1.807, 2.05) is 0 Å². The van der Waals surface area contributed by atoms with Gasteiger partial charge in [-0.25, -0.2) is 4.98 Å². The number of hydrogen-bond donors (Lipinski definition) is 0. The Hall–Kier alpha value is -1.53. The second-order valence-electron chi connectivity index (χ2n) is 4.12. The molecule has 17 heavy (non-hydrogen) atoms. The van der Waals surface area contributed by atoms with E-state index in [-0.39, 0.29) is 11.5 Å². The fraction of sp³-hybridized carbons (Fsp3) is 0.600. The molecule has 0 saturated carbocycles. The standard InChI is InChI=1S/C10H12F3N3O/c1-6-7(10(11,12)13)14-9-15(2)4-3-5-16(9)8(6)17/h3-5H2,1-2H3. The Morgan fingerprint density at radius 3 is 2.53 bits per heavy atom. The average molecular weight is 247 g/mol. The Bertz CT molecular complexity index is 507. The fourth-order valence-electron chi connectivity index (χ4n) is 1.97. The molecule has 0 saturated heterocycles. The molecule has 1 aliphatic rings. The minimum Gasteiger partial charge on any atom is -0.345 e. The topological polar surface area (TPSA) is 38.1 Å². The van der Waals surface area contributed by atoms with Crippen molar-refractivity contribution in [2.75, 3.05) is 18.5 Å². The first kappa shape index (κ1) is 11.9. The van der Waals surface area contributed by atoms with Crippen LogP contribution in [0.4, 0.5) is 19.1 Å². The molecule has 1 aromatic heterocycles. The van der Waals surface area contributed by atoms with Crippen LogP contribution in [0.5, 0.6) is 0 Å². The largest absolute Gasteiger partial charge is 0.433 e. The van der Waals surface area contributed by atoms with E-state index in [4.69, 9.17) is 0 Å². The van der Waals surface area contributed by atoms with Crippen LogP contribution in [0.2, 0.25) is 0 Å². The van der Waals surface area contributed by atoms with Gasteiger partial charge in [-0.3, -0.25) is 9.36 Å². The average Bonchev–Trinajstić information content (AvgIpc) is 2.22. The van der Waals surface area contributed by atoms with Crippen molar-refractivity contribution in [1.82, 2.24) is 9.55 Å². The molecule has 0 aromatic carbocycles. The van der Waals surface area contributed by atoms with E-state index in [0.29, 0.717) is 13.1 Å². The molecule has 0 unspecified atom stereocenters. The summed E-state index contributed by atoms with van der Waals surface area (Å²) in [4.78, 5) is 17.0. The van der Waals surface area contributed by atoms with Crippen LogP contribution >= 0.6 is 0 Å². The van der Waals surface area contributed by atoms with Crippen LogP contribution in [0.15, 0.2) is 4.79 Å². The fourth-order valence-corrected chi connectivity index (χ4v) is 1.97. The number of hydrogen-bond acceptors (Lipinski definition) is 3. The van der Waals surface area contributed by atoms with Crippen LogP contribution in [-0.4, -0.2) is 23.1 Å². The normalized spacial score (nSPS) is 15.9. The van der Waals surface area contributed by atoms with Crippen molar-refractivity contribution in [2.45, 2.75) is 26.1 Å². The van der Waals surface area contributed by atoms with Gasteiger partial charge < -0.3 is 4.90 Å². The smallest absolute Gasteiger partial charge is 0.345 e. The molecule has 0 atom stereocenters. The Kier molecular flexibility index (Phi) is 2.63. The zero-order chi connectivity index (χ0) is 12.8. The van der Waals surface area contributed by atoms with Crippen molar-refractivity contribution >= 4 is 5.95 Å². The summed E-state index contributed by atoms with van der Waals surface area (Å²) in [5, 5.41) is 0. The van der Waals surface area contributed by atoms with Gasteiger partial charge in [0.1, 0.15) is 0 Å². The molecule has 0 bridgehead atoms. The van der Waals surface area contributed by atoms with Crippen molar-refractivity contribution in [2.24, 2.45) is 0 Å². The number of halogens is 3. The maximum absolute atomic E-state index is 12.7. The maximum atomic E-state index is 12.7. The van der Waals surface area contributed by atoms with Crippen molar-refractivity contribution in [3.63, 3.8) is 0 Å². The van der Waals surface area contributed by atoms with Gasteiger partial charge in [-0.2, -0.15) is 13.2 Å². The molecule has 4 nitrogen and oxygen atoms in total. The van der Waals surface area contributed by atoms with Crippen LogP contribution in [0, 0.1) is 6.92 Å². The molecule has 2 rings (SSSR count). The number of rotatable bonds is 0. The minimum absolute atomic E-state index is 0.0965. The van der Waals surface area contributed by atoms with Crippen LogP contribution in [0.1, 0.15) is 17.7 Å². The van der Waals surface area contributed by atoms with E-state index in [2.05, 4.69) is 4.98 Å². The molecule has 2 heterocycles. The maximum Gasteiger partial charge on any atom is 0.433 e. The predicted molar refractivity (Wildman–Crippen MR) is 56.1 cm³/mol. The SMILES string of the molecule is Cc1c(C(F)(F)F)nc2n(c1=O)CCCN2C. The van der Waals surface area contributed by atoms with Crippen LogP contribution in [0.3, 0.4) is 0 Å². The monoisotopic (exact) mass is 247 g/mol. The molecule has 0 N–H and O–H groups in total. The molecular formula is C10H12F3N3O. The van der Waals surface area contributed by atoms with Crippen molar-refractivity contribution in [3.05, 3.63) is 21.6 Å². The molecular weight excluding hydrogens is 235 g/mol. The quantitative estimate of drug-likeness (QED) is 0.695. The Balaban J connectivity index is 2.71. The summed E-state index contributed by atoms with van der Waals surface area (Å²) in [7, 11) is 1.63. The van der Waals surface area contributed by atoms with Crippen molar-refractivity contribution < 1.29 is 13.2 Å². The summed E-state index contributed by atoms with van der Waals surface area (Å²) in [5.41, 5.74) is -2.02. The second-order valence-corrected chi connectivity index (χ2v) is 4.12. The van der Waals surface area contributed by atoms with Gasteiger partial charge in [-0.1, -0.05) is 0 Å². The van der Waals surface area contributed by atoms with Gasteiger partial charge in [-0.05, 0) is 13.3 Å². The molecule has 0 fully saturated rings. The Labute approximate surface area is 95.7 Å². The summed E-state index contributed by atoms with van der Waals surface area (Å²) in [6, 6.07) is 0. The summed E-state index contributed by atoms with van der Waals surface area (Å²) in [5.74, 6) is 0.0965. The lowest BCUT2D eigenvalue weighted by atomic mass is 10.2. The highest BCUT2D eigenvalue weighted by molar-refractivity contribution is 5.36. The van der Waals surface area contributed by atoms with Crippen LogP contribution in [0.25, 0.3) is 0 Å². The molecule has 94 valence electrons. The van der Waals surface area contributed by atoms with E-state index < -0.39 is 17.4 Å². The van der Waals surface area contributed by atoms with Gasteiger partial charge in [-0.15, -0.1) is 0 Å². The Morgan fingerprint density at radius 1 is 1.29 bits per heavy atom. The van der Waals surface area contributed by atoms with Crippen molar-refractivity contribution in [1.29, 1.82) is 0 Å². The number of nitrogens with zero attached hydrogens (tertiary/aromatic N) is 3. The van der Waals surface area contributed by atoms with Gasteiger partial charge in [0.25, 0.3) is 5.56 Å². The van der Waals surface area contributed by atoms with E-state index in [1.165, 1.54) is 11.5 Å². The molecule has 0 radical (unpaired) electrons. The van der Waals surface area contributed by atoms with Gasteiger partial charge >= 0.3 is 6.18 Å². The summed E-state index contributed by atoms with van der Waals surface area (Å²) in [6.45, 7) is 2.19. The lowest BCUT2D eigenvalue weighted by molar-refractivity contribution is -0.141. The van der Waals surface area contributed by atoms with Crippen LogP contribution in [-0.2, 0) is 12.7 Å². The lowest BCUT2D eigenvalue weighted by Crippen LogP contribution is -2.38. The highest BCUT2D eigenvalue weighted by atomic mass is 19.4. The zero-order valence-electron chi connectivity index (χ0n) is 9.51. The summed E-state index contributed by atoms with van der Waals surface area (Å²) in [6.07, 6.45) is -3.85. The third-order valence-corrected chi connectivity index (χ3v) is 2.86. The first-order chi connectivity index (χ1) is 7.82. The molecule has 1 aromatic rings. The lowest BCUT2D eigenvalue weighted by Gasteiger charge is -2.28. The molecule has 1 aliphatic heterocycles. The second kappa shape index (κ2) is 3.75. The third kappa shape index (κ3) is 1.89. The van der Waals surface area contributed by atoms with E-state index in [9.17, 15) is 18.0 Å². The number of fused-ring (bicyclic) bond motifs is 1. The van der Waals surface area contributed by atoms with Gasteiger partial charge in [0.05, 0.1) is 0 Å². The number of aromatic nitrogens is 2. The van der Waals surface area contributed by atoms with Crippen molar-refractivity contribution in [3.8, 4) is 0 Å². The predicted octanol–water partition coefficient (Wildman–Crippen LogP) is 1.41. The molecule has 7 heteroatoms. The van der Waals surface area contributed by atoms with Gasteiger partial charge in [0, 0.05) is 25.7 Å². The number of anilines is 1. The summed E-state index contributed by atoms with van der Waals surface area (Å²) >= 11 is 0. The highest BCUT2D eigenvalue weighted by Crippen LogP contribution is 2.30. The first-order valence-electron chi connectivity index (χ1n) is 5.22. The van der Waals surface area contributed by atoms with E-state index in [1.54, 1.807) is 11.9 Å². The number of alkyl halides is 3. The first-order valence-corrected chi connectivity index (χ1v) is 5.22. The van der Waals surface area contributed by atoms with E-state index in [0.717, 1.165) is 6.42 Å². The van der Waals surface area contributed by atoms with Crippen LogP contribution < -0.4 is 10.5 Å². The highest BCUT2D eigenvalue weighted by Gasteiger charge is 2.37.